The molecule has 1 unspecified atom stereocenters. The Morgan fingerprint density at radius 3 is 2.55 bits per heavy atom. The molecule has 0 aliphatic carbocycles. The van der Waals surface area contributed by atoms with Gasteiger partial charge < -0.3 is 15.7 Å². The highest BCUT2D eigenvalue weighted by molar-refractivity contribution is 7.12. The van der Waals surface area contributed by atoms with Crippen molar-refractivity contribution in [2.45, 2.75) is 19.9 Å². The van der Waals surface area contributed by atoms with Gasteiger partial charge in [0, 0.05) is 11.8 Å². The van der Waals surface area contributed by atoms with Crippen molar-refractivity contribution in [1.29, 1.82) is 0 Å². The average Bonchev–Trinajstić information content (AvgIpc) is 2.98. The van der Waals surface area contributed by atoms with Crippen LogP contribution in [0.1, 0.15) is 23.5 Å². The number of thiophene rings is 1. The Hall–Kier alpha value is -2.34. The molecule has 1 aromatic heterocycles. The normalized spacial score (nSPS) is 12.0. The number of hydrogen-bond donors (Lipinski definition) is 3. The monoisotopic (exact) mass is 318 g/mol. The molecule has 0 saturated heterocycles. The van der Waals surface area contributed by atoms with Gasteiger partial charge in [0.1, 0.15) is 11.8 Å². The molecule has 0 spiro atoms. The molecule has 1 atom stereocenters. The summed E-state index contributed by atoms with van der Waals surface area (Å²) in [6.07, 6.45) is 0. The first kappa shape index (κ1) is 16.0. The van der Waals surface area contributed by atoms with Crippen LogP contribution in [0.3, 0.4) is 0 Å². The molecule has 5 nitrogen and oxygen atoms in total. The lowest BCUT2D eigenvalue weighted by Crippen LogP contribution is -2.46. The predicted molar refractivity (Wildman–Crippen MR) is 87.1 cm³/mol. The van der Waals surface area contributed by atoms with Crippen LogP contribution in [-0.2, 0) is 4.79 Å². The third-order valence-electron chi connectivity index (χ3n) is 3.09. The van der Waals surface area contributed by atoms with E-state index in [1.807, 2.05) is 19.2 Å². The van der Waals surface area contributed by atoms with Gasteiger partial charge in [0.2, 0.25) is 5.91 Å². The molecular formula is C16H18N2O3S. The highest BCUT2D eigenvalue weighted by atomic mass is 32.1. The van der Waals surface area contributed by atoms with Gasteiger partial charge in [-0.1, -0.05) is 26.0 Å². The minimum Gasteiger partial charge on any atom is -0.508 e. The highest BCUT2D eigenvalue weighted by Gasteiger charge is 2.25. The van der Waals surface area contributed by atoms with Crippen molar-refractivity contribution in [2.75, 3.05) is 5.32 Å². The number of rotatable bonds is 5. The SMILES string of the molecule is CC(C)C(NC(=O)c1cccs1)C(=O)Nc1cccc(O)c1. The predicted octanol–water partition coefficient (Wildman–Crippen LogP) is 2.85. The number of nitrogens with one attached hydrogen (secondary N) is 2. The molecule has 2 aromatic rings. The molecule has 116 valence electrons. The zero-order valence-electron chi connectivity index (χ0n) is 12.4. The smallest absolute Gasteiger partial charge is 0.262 e. The number of anilines is 1. The Morgan fingerprint density at radius 1 is 1.18 bits per heavy atom. The number of benzene rings is 1. The molecule has 22 heavy (non-hydrogen) atoms. The van der Waals surface area contributed by atoms with E-state index in [1.54, 1.807) is 24.3 Å². The van der Waals surface area contributed by atoms with E-state index in [0.717, 1.165) is 0 Å². The minimum atomic E-state index is -0.656. The maximum absolute atomic E-state index is 12.4. The minimum absolute atomic E-state index is 0.0683. The van der Waals surface area contributed by atoms with Crippen LogP contribution >= 0.6 is 11.3 Å². The molecule has 0 radical (unpaired) electrons. The Morgan fingerprint density at radius 2 is 1.95 bits per heavy atom. The van der Waals surface area contributed by atoms with Crippen LogP contribution in [0.25, 0.3) is 0 Å². The number of carbonyl (C=O) groups is 2. The molecular weight excluding hydrogens is 300 g/mol. The molecule has 0 bridgehead atoms. The van der Waals surface area contributed by atoms with Crippen molar-refractivity contribution in [3.05, 3.63) is 46.7 Å². The van der Waals surface area contributed by atoms with Gasteiger partial charge in [0.25, 0.3) is 5.91 Å². The maximum atomic E-state index is 12.4. The van der Waals surface area contributed by atoms with E-state index in [-0.39, 0.29) is 23.5 Å². The van der Waals surface area contributed by atoms with E-state index in [9.17, 15) is 14.7 Å². The van der Waals surface area contributed by atoms with Gasteiger partial charge in [0.15, 0.2) is 0 Å². The molecule has 0 saturated carbocycles. The lowest BCUT2D eigenvalue weighted by atomic mass is 10.0. The van der Waals surface area contributed by atoms with Crippen molar-refractivity contribution >= 4 is 28.8 Å². The first-order valence-electron chi connectivity index (χ1n) is 6.91. The summed E-state index contributed by atoms with van der Waals surface area (Å²) in [5.74, 6) is -0.576. The van der Waals surface area contributed by atoms with Crippen LogP contribution in [0.4, 0.5) is 5.69 Å². The third-order valence-corrected chi connectivity index (χ3v) is 3.96. The fraction of sp³-hybridized carbons (Fsp3) is 0.250. The summed E-state index contributed by atoms with van der Waals surface area (Å²) in [7, 11) is 0. The van der Waals surface area contributed by atoms with E-state index in [4.69, 9.17) is 0 Å². The summed E-state index contributed by atoms with van der Waals surface area (Å²) in [5, 5.41) is 16.7. The summed E-state index contributed by atoms with van der Waals surface area (Å²) in [4.78, 5) is 25.0. The zero-order chi connectivity index (χ0) is 16.1. The van der Waals surface area contributed by atoms with Crippen LogP contribution in [-0.4, -0.2) is 23.0 Å². The zero-order valence-corrected chi connectivity index (χ0v) is 13.2. The second-order valence-corrected chi connectivity index (χ2v) is 6.16. The van der Waals surface area contributed by atoms with E-state index in [1.165, 1.54) is 23.5 Å². The largest absolute Gasteiger partial charge is 0.508 e. The summed E-state index contributed by atoms with van der Waals surface area (Å²) in [6.45, 7) is 3.73. The molecule has 3 N–H and O–H groups in total. The fourth-order valence-corrected chi connectivity index (χ4v) is 2.59. The lowest BCUT2D eigenvalue weighted by Gasteiger charge is -2.21. The number of phenolic OH excluding ortho intramolecular Hbond substituents is 1. The number of aromatic hydroxyl groups is 1. The van der Waals surface area contributed by atoms with Crippen LogP contribution in [0.15, 0.2) is 41.8 Å². The number of hydrogen-bond acceptors (Lipinski definition) is 4. The third kappa shape index (κ3) is 4.08. The molecule has 2 rings (SSSR count). The molecule has 1 heterocycles. The second-order valence-electron chi connectivity index (χ2n) is 5.21. The van der Waals surface area contributed by atoms with Crippen molar-refractivity contribution in [3.63, 3.8) is 0 Å². The van der Waals surface area contributed by atoms with Crippen LogP contribution in [0.2, 0.25) is 0 Å². The van der Waals surface area contributed by atoms with Crippen molar-refractivity contribution in [1.82, 2.24) is 5.32 Å². The maximum Gasteiger partial charge on any atom is 0.262 e. The Kier molecular flexibility index (Phi) is 5.16. The summed E-state index contributed by atoms with van der Waals surface area (Å²) >= 11 is 1.33. The molecule has 2 amide bonds. The first-order valence-corrected chi connectivity index (χ1v) is 7.79. The van der Waals surface area contributed by atoms with Gasteiger partial charge in [-0.15, -0.1) is 11.3 Å². The van der Waals surface area contributed by atoms with E-state index >= 15 is 0 Å². The van der Waals surface area contributed by atoms with Gasteiger partial charge in [-0.2, -0.15) is 0 Å². The van der Waals surface area contributed by atoms with Crippen LogP contribution in [0, 0.1) is 5.92 Å². The lowest BCUT2D eigenvalue weighted by molar-refractivity contribution is -0.118. The Labute approximate surface area is 133 Å². The number of amides is 2. The Balaban J connectivity index is 2.07. The molecule has 6 heteroatoms. The van der Waals surface area contributed by atoms with Gasteiger partial charge >= 0.3 is 0 Å². The quantitative estimate of drug-likeness (QED) is 0.793. The average molecular weight is 318 g/mol. The summed E-state index contributed by atoms with van der Waals surface area (Å²) < 4.78 is 0. The van der Waals surface area contributed by atoms with Gasteiger partial charge in [0.05, 0.1) is 4.88 Å². The summed E-state index contributed by atoms with van der Waals surface area (Å²) in [5.41, 5.74) is 0.487. The number of carbonyl (C=O) groups excluding carboxylic acids is 2. The van der Waals surface area contributed by atoms with E-state index in [2.05, 4.69) is 10.6 Å². The second kappa shape index (κ2) is 7.09. The summed E-state index contributed by atoms with van der Waals surface area (Å²) in [6, 6.07) is 9.14. The van der Waals surface area contributed by atoms with Gasteiger partial charge in [-0.25, -0.2) is 0 Å². The van der Waals surface area contributed by atoms with Crippen molar-refractivity contribution in [2.24, 2.45) is 5.92 Å². The van der Waals surface area contributed by atoms with E-state index in [0.29, 0.717) is 10.6 Å². The first-order chi connectivity index (χ1) is 10.5. The van der Waals surface area contributed by atoms with Gasteiger partial charge in [-0.3, -0.25) is 9.59 Å². The molecule has 0 fully saturated rings. The fourth-order valence-electron chi connectivity index (χ4n) is 1.96. The topological polar surface area (TPSA) is 78.4 Å². The molecule has 0 aliphatic rings. The van der Waals surface area contributed by atoms with Gasteiger partial charge in [-0.05, 0) is 29.5 Å². The number of phenols is 1. The highest BCUT2D eigenvalue weighted by Crippen LogP contribution is 2.17. The van der Waals surface area contributed by atoms with Crippen LogP contribution in [0.5, 0.6) is 5.75 Å². The molecule has 1 aromatic carbocycles. The standard InChI is InChI=1S/C16H18N2O3S/c1-10(2)14(18-15(20)13-7-4-8-22-13)16(21)17-11-5-3-6-12(19)9-11/h3-10,14,19H,1-2H3,(H,17,21)(H,18,20). The molecule has 0 aliphatic heterocycles. The van der Waals surface area contributed by atoms with Crippen molar-refractivity contribution in [3.8, 4) is 5.75 Å². The Bertz CT molecular complexity index is 653. The van der Waals surface area contributed by atoms with Crippen molar-refractivity contribution < 1.29 is 14.7 Å². The van der Waals surface area contributed by atoms with E-state index < -0.39 is 6.04 Å². The van der Waals surface area contributed by atoms with Crippen LogP contribution < -0.4 is 10.6 Å².